The van der Waals surface area contributed by atoms with E-state index in [1.165, 1.54) is 25.7 Å². The number of halogens is 1. The molecule has 2 aliphatic rings. The van der Waals surface area contributed by atoms with Gasteiger partial charge >= 0.3 is 0 Å². The van der Waals surface area contributed by atoms with E-state index in [2.05, 4.69) is 17.6 Å². The van der Waals surface area contributed by atoms with E-state index < -0.39 is 0 Å². The molecule has 0 unspecified atom stereocenters. The van der Waals surface area contributed by atoms with Crippen molar-refractivity contribution in [2.24, 2.45) is 10.4 Å². The average Bonchev–Trinajstić information content (AvgIpc) is 3.26. The predicted octanol–water partition coefficient (Wildman–Crippen LogP) is 3.83. The van der Waals surface area contributed by atoms with E-state index in [0.717, 1.165) is 44.2 Å². The van der Waals surface area contributed by atoms with E-state index in [0.29, 0.717) is 38.2 Å². The number of ether oxygens (including phenoxy) is 1. The van der Waals surface area contributed by atoms with Gasteiger partial charge in [-0.25, -0.2) is 9.38 Å². The summed E-state index contributed by atoms with van der Waals surface area (Å²) in [5, 5.41) is 16.5. The van der Waals surface area contributed by atoms with E-state index in [-0.39, 0.29) is 17.3 Å². The molecule has 0 radical (unpaired) electrons. The first-order valence-corrected chi connectivity index (χ1v) is 12.4. The summed E-state index contributed by atoms with van der Waals surface area (Å²) in [6, 6.07) is 5.39. The van der Waals surface area contributed by atoms with Gasteiger partial charge in [0.1, 0.15) is 5.82 Å². The molecule has 6 nitrogen and oxygen atoms in total. The molecule has 1 aliphatic carbocycles. The van der Waals surface area contributed by atoms with E-state index >= 15 is 0 Å². The minimum Gasteiger partial charge on any atom is -0.393 e. The van der Waals surface area contributed by atoms with Crippen LogP contribution in [0.2, 0.25) is 0 Å². The molecule has 1 aromatic carbocycles. The SMILES string of the molecule is CCNC(=NCc1ccc(N2CCC(O)CC2)c(F)c1)NCC1(CCOCC)CCCC1. The summed E-state index contributed by atoms with van der Waals surface area (Å²) in [4.78, 5) is 6.73. The van der Waals surface area contributed by atoms with Gasteiger partial charge in [-0.1, -0.05) is 18.9 Å². The first-order valence-electron chi connectivity index (χ1n) is 12.4. The van der Waals surface area contributed by atoms with Crippen molar-refractivity contribution in [3.8, 4) is 0 Å². The van der Waals surface area contributed by atoms with Crippen LogP contribution in [0.25, 0.3) is 0 Å². The average molecular weight is 449 g/mol. The topological polar surface area (TPSA) is 69.1 Å². The number of aliphatic hydroxyl groups excluding tert-OH is 1. The summed E-state index contributed by atoms with van der Waals surface area (Å²) in [7, 11) is 0. The van der Waals surface area contributed by atoms with E-state index in [4.69, 9.17) is 9.73 Å². The van der Waals surface area contributed by atoms with Crippen LogP contribution in [-0.4, -0.2) is 56.6 Å². The first-order chi connectivity index (χ1) is 15.5. The minimum atomic E-state index is -0.262. The van der Waals surface area contributed by atoms with Crippen molar-refractivity contribution in [2.75, 3.05) is 44.3 Å². The Morgan fingerprint density at radius 2 is 1.97 bits per heavy atom. The van der Waals surface area contributed by atoms with Crippen LogP contribution < -0.4 is 15.5 Å². The maximum atomic E-state index is 14.8. The Hall–Kier alpha value is -1.86. The number of nitrogens with one attached hydrogen (secondary N) is 2. The van der Waals surface area contributed by atoms with Crippen LogP contribution in [0.4, 0.5) is 10.1 Å². The van der Waals surface area contributed by atoms with Crippen molar-refractivity contribution in [3.63, 3.8) is 0 Å². The number of benzene rings is 1. The van der Waals surface area contributed by atoms with E-state index in [9.17, 15) is 9.50 Å². The highest BCUT2D eigenvalue weighted by molar-refractivity contribution is 5.79. The van der Waals surface area contributed by atoms with Gasteiger partial charge in [-0.05, 0) is 69.1 Å². The Bertz CT molecular complexity index is 729. The molecule has 2 fully saturated rings. The predicted molar refractivity (Wildman–Crippen MR) is 129 cm³/mol. The second kappa shape index (κ2) is 12.4. The lowest BCUT2D eigenvalue weighted by Gasteiger charge is -2.31. The monoisotopic (exact) mass is 448 g/mol. The molecule has 3 N–H and O–H groups in total. The maximum Gasteiger partial charge on any atom is 0.191 e. The lowest BCUT2D eigenvalue weighted by molar-refractivity contribution is 0.105. The lowest BCUT2D eigenvalue weighted by atomic mass is 9.83. The molecule has 1 aromatic rings. The van der Waals surface area contributed by atoms with E-state index in [1.807, 2.05) is 24.0 Å². The normalized spacial score (nSPS) is 19.4. The fourth-order valence-electron chi connectivity index (χ4n) is 4.87. The summed E-state index contributed by atoms with van der Waals surface area (Å²) in [6.07, 6.45) is 7.21. The van der Waals surface area contributed by atoms with Crippen molar-refractivity contribution in [1.29, 1.82) is 0 Å². The molecule has 1 saturated carbocycles. The summed E-state index contributed by atoms with van der Waals surface area (Å²) < 4.78 is 20.4. The summed E-state index contributed by atoms with van der Waals surface area (Å²) in [5.41, 5.74) is 1.75. The quantitative estimate of drug-likeness (QED) is 0.288. The molecule has 1 heterocycles. The molecule has 0 atom stereocenters. The van der Waals surface area contributed by atoms with E-state index in [1.54, 1.807) is 6.07 Å². The largest absolute Gasteiger partial charge is 0.393 e. The Balaban J connectivity index is 1.58. The molecule has 0 spiro atoms. The summed E-state index contributed by atoms with van der Waals surface area (Å²) in [5.74, 6) is 0.567. The highest BCUT2D eigenvalue weighted by atomic mass is 19.1. The highest BCUT2D eigenvalue weighted by Crippen LogP contribution is 2.40. The van der Waals surface area contributed by atoms with Crippen LogP contribution in [0.15, 0.2) is 23.2 Å². The zero-order valence-electron chi connectivity index (χ0n) is 19.8. The molecular formula is C25H41FN4O2. The summed E-state index contributed by atoms with van der Waals surface area (Å²) in [6.45, 7) is 9.16. The Kier molecular flexibility index (Phi) is 9.60. The number of guanidine groups is 1. The Morgan fingerprint density at radius 3 is 2.62 bits per heavy atom. The zero-order chi connectivity index (χ0) is 22.8. The third kappa shape index (κ3) is 7.07. The van der Waals surface area contributed by atoms with Crippen LogP contribution in [0, 0.1) is 11.2 Å². The molecule has 1 saturated heterocycles. The number of anilines is 1. The molecule has 1 aliphatic heterocycles. The summed E-state index contributed by atoms with van der Waals surface area (Å²) >= 11 is 0. The number of piperidine rings is 1. The van der Waals surface area contributed by atoms with Gasteiger partial charge in [0.2, 0.25) is 0 Å². The van der Waals surface area contributed by atoms with Crippen LogP contribution in [0.1, 0.15) is 64.4 Å². The Morgan fingerprint density at radius 1 is 1.22 bits per heavy atom. The molecule has 3 rings (SSSR count). The number of hydrogen-bond donors (Lipinski definition) is 3. The van der Waals surface area contributed by atoms with Crippen LogP contribution in [0.3, 0.4) is 0 Å². The van der Waals surface area contributed by atoms with Crippen molar-refractivity contribution >= 4 is 11.6 Å². The van der Waals surface area contributed by atoms with Gasteiger partial charge < -0.3 is 25.4 Å². The highest BCUT2D eigenvalue weighted by Gasteiger charge is 2.33. The number of aliphatic imine (C=N–C) groups is 1. The molecule has 180 valence electrons. The molecule has 0 bridgehead atoms. The van der Waals surface area contributed by atoms with Crippen LogP contribution in [-0.2, 0) is 11.3 Å². The molecular weight excluding hydrogens is 407 g/mol. The number of aliphatic hydroxyl groups is 1. The lowest BCUT2D eigenvalue weighted by Crippen LogP contribution is -2.43. The minimum absolute atomic E-state index is 0.215. The van der Waals surface area contributed by atoms with Crippen molar-refractivity contribution < 1.29 is 14.2 Å². The van der Waals surface area contributed by atoms with Gasteiger partial charge in [-0.3, -0.25) is 0 Å². The smallest absolute Gasteiger partial charge is 0.191 e. The van der Waals surface area contributed by atoms with Gasteiger partial charge in [0.15, 0.2) is 5.96 Å². The van der Waals surface area contributed by atoms with Gasteiger partial charge in [0, 0.05) is 39.4 Å². The van der Waals surface area contributed by atoms with Crippen LogP contribution >= 0.6 is 0 Å². The second-order valence-electron chi connectivity index (χ2n) is 9.21. The van der Waals surface area contributed by atoms with Gasteiger partial charge in [0.25, 0.3) is 0 Å². The van der Waals surface area contributed by atoms with Gasteiger partial charge in [-0.2, -0.15) is 0 Å². The maximum absolute atomic E-state index is 14.8. The van der Waals surface area contributed by atoms with Crippen LogP contribution in [0.5, 0.6) is 0 Å². The Labute approximate surface area is 192 Å². The fourth-order valence-corrected chi connectivity index (χ4v) is 4.87. The number of hydrogen-bond acceptors (Lipinski definition) is 4. The molecule has 0 aromatic heterocycles. The third-order valence-corrected chi connectivity index (χ3v) is 6.86. The molecule has 32 heavy (non-hydrogen) atoms. The molecule has 7 heteroatoms. The first kappa shape index (κ1) is 24.8. The second-order valence-corrected chi connectivity index (χ2v) is 9.21. The number of rotatable bonds is 10. The van der Waals surface area contributed by atoms with Crippen molar-refractivity contribution in [1.82, 2.24) is 10.6 Å². The van der Waals surface area contributed by atoms with Crippen molar-refractivity contribution in [2.45, 2.75) is 71.4 Å². The van der Waals surface area contributed by atoms with Gasteiger partial charge in [0.05, 0.1) is 18.3 Å². The number of nitrogens with zero attached hydrogens (tertiary/aromatic N) is 2. The zero-order valence-corrected chi connectivity index (χ0v) is 19.8. The third-order valence-electron chi connectivity index (χ3n) is 6.86. The molecule has 0 amide bonds. The van der Waals surface area contributed by atoms with Crippen molar-refractivity contribution in [3.05, 3.63) is 29.6 Å². The fraction of sp³-hybridized carbons (Fsp3) is 0.720. The standard InChI is InChI=1S/C25H41FN4O2/c1-3-27-24(29-19-25(11-5-6-12-25)13-16-32-4-2)28-18-20-7-8-23(22(26)17-20)30-14-9-21(31)10-15-30/h7-8,17,21,31H,3-6,9-16,18-19H2,1-2H3,(H2,27,28,29). The van der Waals surface area contributed by atoms with Gasteiger partial charge in [-0.15, -0.1) is 0 Å².